The summed E-state index contributed by atoms with van der Waals surface area (Å²) in [4.78, 5) is 47.1. The highest BCUT2D eigenvalue weighted by Crippen LogP contribution is 2.10. The van der Waals surface area contributed by atoms with E-state index in [1.54, 1.807) is 0 Å². The van der Waals surface area contributed by atoms with Gasteiger partial charge in [0, 0.05) is 24.6 Å². The topological polar surface area (TPSA) is 98.9 Å². The predicted octanol–water partition coefficient (Wildman–Crippen LogP) is 2.40. The summed E-state index contributed by atoms with van der Waals surface area (Å²) in [6.45, 7) is 1.95. The number of hydrogen-bond acceptors (Lipinski definition) is 5. The van der Waals surface area contributed by atoms with Crippen LogP contribution < -0.4 is 16.6 Å². The van der Waals surface area contributed by atoms with Gasteiger partial charge < -0.3 is 5.32 Å². The maximum Gasteiger partial charge on any atom is 0.333 e. The molecule has 0 saturated heterocycles. The number of benzene rings is 2. The van der Waals surface area contributed by atoms with E-state index >= 15 is 0 Å². The van der Waals surface area contributed by atoms with E-state index < -0.39 is 17.2 Å². The van der Waals surface area contributed by atoms with Crippen LogP contribution in [0.5, 0.6) is 0 Å². The molecule has 0 unspecified atom stereocenters. The van der Waals surface area contributed by atoms with Crippen LogP contribution in [0.15, 0.2) is 76.6 Å². The second-order valence-corrected chi connectivity index (χ2v) is 7.39. The molecule has 0 radical (unpaired) electrons. The summed E-state index contributed by atoms with van der Waals surface area (Å²) in [6.07, 6.45) is 4.19. The van der Waals surface area contributed by atoms with Gasteiger partial charge in [-0.2, -0.15) is 0 Å². The molecular weight excluding hydrogens is 406 g/mol. The van der Waals surface area contributed by atoms with Crippen LogP contribution in [0.3, 0.4) is 0 Å². The zero-order valence-electron chi connectivity index (χ0n) is 17.7. The average molecular weight is 429 g/mol. The standard InChI is InChI=1S/C24H23N5O3/c1-2-17-8-10-19(11-9-17)27-20(30)16-29-22-21(25-13-14-26-22)23(31)28(24(29)32)15-12-18-6-4-3-5-7-18/h3-11,13-14H,2,12,15-16H2,1H3,(H,27,30). The molecule has 0 saturated carbocycles. The van der Waals surface area contributed by atoms with Crippen molar-refractivity contribution in [3.05, 3.63) is 99.0 Å². The quantitative estimate of drug-likeness (QED) is 0.486. The first-order valence-electron chi connectivity index (χ1n) is 10.4. The van der Waals surface area contributed by atoms with E-state index in [9.17, 15) is 14.4 Å². The molecule has 0 aliphatic carbocycles. The molecule has 0 bridgehead atoms. The maximum absolute atomic E-state index is 13.2. The predicted molar refractivity (Wildman–Crippen MR) is 123 cm³/mol. The van der Waals surface area contributed by atoms with E-state index in [-0.39, 0.29) is 24.3 Å². The molecule has 0 spiro atoms. The van der Waals surface area contributed by atoms with Crippen LogP contribution in [-0.2, 0) is 30.7 Å². The van der Waals surface area contributed by atoms with E-state index in [1.807, 2.05) is 54.6 Å². The molecule has 4 rings (SSSR count). The first-order chi connectivity index (χ1) is 15.6. The summed E-state index contributed by atoms with van der Waals surface area (Å²) >= 11 is 0. The van der Waals surface area contributed by atoms with E-state index in [4.69, 9.17) is 0 Å². The van der Waals surface area contributed by atoms with Crippen LogP contribution in [0, 0.1) is 0 Å². The van der Waals surface area contributed by atoms with Gasteiger partial charge in [-0.15, -0.1) is 0 Å². The molecule has 2 aromatic heterocycles. The van der Waals surface area contributed by atoms with Gasteiger partial charge in [0.05, 0.1) is 0 Å². The monoisotopic (exact) mass is 429 g/mol. The minimum Gasteiger partial charge on any atom is -0.325 e. The SMILES string of the molecule is CCc1ccc(NC(=O)Cn2c(=O)n(CCc3ccccc3)c(=O)c3nccnc32)cc1. The Morgan fingerprint density at radius 1 is 0.906 bits per heavy atom. The fourth-order valence-corrected chi connectivity index (χ4v) is 3.52. The van der Waals surface area contributed by atoms with Crippen LogP contribution in [0.2, 0.25) is 0 Å². The third kappa shape index (κ3) is 4.49. The summed E-state index contributed by atoms with van der Waals surface area (Å²) in [5.74, 6) is -0.392. The van der Waals surface area contributed by atoms with Crippen molar-refractivity contribution in [3.63, 3.8) is 0 Å². The number of carbonyl (C=O) groups excluding carboxylic acids is 1. The lowest BCUT2D eigenvalue weighted by Gasteiger charge is -2.13. The molecule has 4 aromatic rings. The third-order valence-electron chi connectivity index (χ3n) is 5.26. The van der Waals surface area contributed by atoms with E-state index in [0.29, 0.717) is 12.1 Å². The van der Waals surface area contributed by atoms with Crippen LogP contribution >= 0.6 is 0 Å². The molecule has 1 amide bonds. The Morgan fingerprint density at radius 2 is 1.62 bits per heavy atom. The Hall–Kier alpha value is -4.07. The molecule has 0 aliphatic rings. The van der Waals surface area contributed by atoms with Crippen molar-refractivity contribution in [2.45, 2.75) is 32.9 Å². The zero-order valence-corrected chi connectivity index (χ0v) is 17.7. The molecule has 8 nitrogen and oxygen atoms in total. The van der Waals surface area contributed by atoms with Gasteiger partial charge in [0.1, 0.15) is 6.54 Å². The Labute approximate surface area is 184 Å². The molecule has 8 heteroatoms. The number of aryl methyl sites for hydroxylation is 2. The van der Waals surface area contributed by atoms with E-state index in [1.165, 1.54) is 17.0 Å². The Balaban J connectivity index is 1.65. The lowest BCUT2D eigenvalue weighted by molar-refractivity contribution is -0.116. The van der Waals surface area contributed by atoms with Gasteiger partial charge in [-0.25, -0.2) is 14.8 Å². The second-order valence-electron chi connectivity index (χ2n) is 7.39. The third-order valence-corrected chi connectivity index (χ3v) is 5.26. The van der Waals surface area contributed by atoms with Gasteiger partial charge >= 0.3 is 5.69 Å². The number of amides is 1. The van der Waals surface area contributed by atoms with Crippen LogP contribution in [0.25, 0.3) is 11.2 Å². The number of rotatable bonds is 7. The second kappa shape index (κ2) is 9.38. The molecule has 2 heterocycles. The molecule has 0 fully saturated rings. The highest BCUT2D eigenvalue weighted by atomic mass is 16.2. The van der Waals surface area contributed by atoms with Gasteiger partial charge in [-0.05, 0) is 36.1 Å². The lowest BCUT2D eigenvalue weighted by atomic mass is 10.1. The highest BCUT2D eigenvalue weighted by Gasteiger charge is 2.17. The fourth-order valence-electron chi connectivity index (χ4n) is 3.52. The number of nitrogens with zero attached hydrogens (tertiary/aromatic N) is 4. The Kier molecular flexibility index (Phi) is 6.21. The average Bonchev–Trinajstić information content (AvgIpc) is 2.83. The van der Waals surface area contributed by atoms with Crippen LogP contribution in [-0.4, -0.2) is 25.0 Å². The maximum atomic E-state index is 13.2. The molecular formula is C24H23N5O3. The van der Waals surface area contributed by atoms with Crippen molar-refractivity contribution < 1.29 is 4.79 Å². The van der Waals surface area contributed by atoms with Crippen molar-refractivity contribution in [3.8, 4) is 0 Å². The number of hydrogen-bond donors (Lipinski definition) is 1. The summed E-state index contributed by atoms with van der Waals surface area (Å²) in [6, 6.07) is 17.1. The number of carbonyl (C=O) groups is 1. The number of fused-ring (bicyclic) bond motifs is 1. The molecule has 0 atom stereocenters. The molecule has 162 valence electrons. The molecule has 32 heavy (non-hydrogen) atoms. The minimum absolute atomic E-state index is 0.0558. The summed E-state index contributed by atoms with van der Waals surface area (Å²) < 4.78 is 2.32. The molecule has 0 aliphatic heterocycles. The van der Waals surface area contributed by atoms with Gasteiger partial charge in [0.15, 0.2) is 11.2 Å². The summed E-state index contributed by atoms with van der Waals surface area (Å²) in [5, 5.41) is 2.79. The first-order valence-corrected chi connectivity index (χ1v) is 10.4. The molecule has 1 N–H and O–H groups in total. The van der Waals surface area contributed by atoms with Crippen LogP contribution in [0.4, 0.5) is 5.69 Å². The van der Waals surface area contributed by atoms with E-state index in [0.717, 1.165) is 22.1 Å². The lowest BCUT2D eigenvalue weighted by Crippen LogP contribution is -2.42. The minimum atomic E-state index is -0.588. The summed E-state index contributed by atoms with van der Waals surface area (Å²) in [5.41, 5.74) is 1.84. The van der Waals surface area contributed by atoms with Gasteiger partial charge in [0.2, 0.25) is 5.91 Å². The van der Waals surface area contributed by atoms with Gasteiger partial charge in [-0.3, -0.25) is 18.7 Å². The molecule has 2 aromatic carbocycles. The van der Waals surface area contributed by atoms with Crippen molar-refractivity contribution in [1.29, 1.82) is 0 Å². The zero-order chi connectivity index (χ0) is 22.5. The Morgan fingerprint density at radius 3 is 2.34 bits per heavy atom. The fraction of sp³-hybridized carbons (Fsp3) is 0.208. The van der Waals surface area contributed by atoms with Crippen molar-refractivity contribution in [2.24, 2.45) is 0 Å². The smallest absolute Gasteiger partial charge is 0.325 e. The van der Waals surface area contributed by atoms with Gasteiger partial charge in [-0.1, -0.05) is 49.4 Å². The normalized spacial score (nSPS) is 10.9. The number of nitrogens with one attached hydrogen (secondary N) is 1. The first kappa shape index (κ1) is 21.2. The number of anilines is 1. The van der Waals surface area contributed by atoms with Crippen molar-refractivity contribution in [2.75, 3.05) is 5.32 Å². The highest BCUT2D eigenvalue weighted by molar-refractivity contribution is 5.91. The van der Waals surface area contributed by atoms with Crippen molar-refractivity contribution >= 4 is 22.8 Å². The van der Waals surface area contributed by atoms with E-state index in [2.05, 4.69) is 22.2 Å². The Bertz CT molecular complexity index is 1360. The van der Waals surface area contributed by atoms with Crippen LogP contribution in [0.1, 0.15) is 18.1 Å². The van der Waals surface area contributed by atoms with Gasteiger partial charge in [0.25, 0.3) is 5.56 Å². The number of aromatic nitrogens is 4. The van der Waals surface area contributed by atoms with Crippen molar-refractivity contribution in [1.82, 2.24) is 19.1 Å². The summed E-state index contributed by atoms with van der Waals surface area (Å²) in [7, 11) is 0. The largest absolute Gasteiger partial charge is 0.333 e.